The molecule has 0 aromatic heterocycles. The van der Waals surface area contributed by atoms with E-state index >= 15 is 0 Å². The monoisotopic (exact) mass is 230 g/mol. The van der Waals surface area contributed by atoms with Gasteiger partial charge in [0.25, 0.3) is 0 Å². The van der Waals surface area contributed by atoms with Gasteiger partial charge in [-0.05, 0) is 13.8 Å². The molecule has 3 nitrogen and oxygen atoms in total. The number of urea groups is 1. The Hall–Kier alpha value is 0. The van der Waals surface area contributed by atoms with Crippen LogP contribution in [0.3, 0.4) is 0 Å². The first kappa shape index (κ1) is 10.9. The molecular weight excluding hydrogens is 219 g/mol. The van der Waals surface area contributed by atoms with Crippen LogP contribution in [0, 0.1) is 0 Å². The van der Waals surface area contributed by atoms with Crippen molar-refractivity contribution in [2.24, 2.45) is 5.73 Å². The molecule has 0 aliphatic carbocycles. The lowest BCUT2D eigenvalue weighted by atomic mass is 10.4. The van der Waals surface area contributed by atoms with Gasteiger partial charge in [-0.1, -0.05) is 0 Å². The smallest absolute Gasteiger partial charge is 0.312 e. The molecule has 0 aromatic carbocycles. The number of halogens is 1. The first-order valence-corrected chi connectivity index (χ1v) is 2.19. The number of carbonyl (C=O) groups excluding carboxylic acids is 1. The number of carbonyl (C=O) groups is 1. The molecule has 50 valence electrons. The first-order chi connectivity index (χ1) is 3.13. The molecule has 0 spiro atoms. The highest BCUT2D eigenvalue weighted by molar-refractivity contribution is 14.0. The van der Waals surface area contributed by atoms with Gasteiger partial charge in [-0.2, -0.15) is 0 Å². The maximum absolute atomic E-state index is 9.92. The van der Waals surface area contributed by atoms with Crippen LogP contribution in [0.5, 0.6) is 0 Å². The predicted molar refractivity (Wildman–Crippen MR) is 43.3 cm³/mol. The summed E-state index contributed by atoms with van der Waals surface area (Å²) < 4.78 is 0. The molecule has 0 atom stereocenters. The highest BCUT2D eigenvalue weighted by Gasteiger charge is 1.91. The highest BCUT2D eigenvalue weighted by Crippen LogP contribution is 1.71. The fraction of sp³-hybridized carbons (Fsp3) is 0.750. The minimum Gasteiger partial charge on any atom is -0.352 e. The Balaban J connectivity index is 0. The summed E-state index contributed by atoms with van der Waals surface area (Å²) in [6.07, 6.45) is 0. The van der Waals surface area contributed by atoms with Crippen molar-refractivity contribution in [3.63, 3.8) is 0 Å². The second-order valence-corrected chi connectivity index (χ2v) is 1.66. The summed E-state index contributed by atoms with van der Waals surface area (Å²) in [4.78, 5) is 9.92. The topological polar surface area (TPSA) is 55.1 Å². The van der Waals surface area contributed by atoms with Gasteiger partial charge in [0, 0.05) is 6.04 Å². The summed E-state index contributed by atoms with van der Waals surface area (Å²) in [5.74, 6) is 0. The molecule has 3 N–H and O–H groups in total. The summed E-state index contributed by atoms with van der Waals surface area (Å²) in [6.45, 7) is 3.70. The van der Waals surface area contributed by atoms with E-state index in [2.05, 4.69) is 5.32 Å². The number of hydrogen-bond donors (Lipinski definition) is 2. The molecule has 0 fully saturated rings. The molecule has 0 saturated carbocycles. The lowest BCUT2D eigenvalue weighted by Gasteiger charge is -2.01. The molecule has 0 unspecified atom stereocenters. The van der Waals surface area contributed by atoms with Crippen molar-refractivity contribution in [2.75, 3.05) is 0 Å². The second kappa shape index (κ2) is 5.14. The van der Waals surface area contributed by atoms with Gasteiger partial charge in [0.15, 0.2) is 0 Å². The highest BCUT2D eigenvalue weighted by atomic mass is 127. The Bertz CT molecular complexity index is 74.4. The van der Waals surface area contributed by atoms with Crippen LogP contribution in [0.15, 0.2) is 0 Å². The lowest BCUT2D eigenvalue weighted by molar-refractivity contribution is 0.247. The van der Waals surface area contributed by atoms with E-state index in [0.717, 1.165) is 0 Å². The quantitative estimate of drug-likeness (QED) is 0.639. The second-order valence-electron chi connectivity index (χ2n) is 1.66. The van der Waals surface area contributed by atoms with Crippen LogP contribution in [0.2, 0.25) is 0 Å². The SMILES string of the molecule is CC(C)NC(N)=O.I. The predicted octanol–water partition coefficient (Wildman–Crippen LogP) is 0.681. The fourth-order valence-electron chi connectivity index (χ4n) is 0.285. The lowest BCUT2D eigenvalue weighted by Crippen LogP contribution is -2.34. The van der Waals surface area contributed by atoms with Crippen LogP contribution in [0.25, 0.3) is 0 Å². The van der Waals surface area contributed by atoms with Crippen molar-refractivity contribution in [3.05, 3.63) is 0 Å². The summed E-state index contributed by atoms with van der Waals surface area (Å²) in [5.41, 5.74) is 4.74. The van der Waals surface area contributed by atoms with E-state index in [1.54, 1.807) is 0 Å². The van der Waals surface area contributed by atoms with E-state index in [4.69, 9.17) is 5.73 Å². The minimum atomic E-state index is -0.463. The van der Waals surface area contributed by atoms with Gasteiger partial charge < -0.3 is 11.1 Å². The molecule has 4 heteroatoms. The molecule has 0 rings (SSSR count). The number of nitrogens with one attached hydrogen (secondary N) is 1. The molecule has 8 heavy (non-hydrogen) atoms. The van der Waals surface area contributed by atoms with Crippen LogP contribution in [0.1, 0.15) is 13.8 Å². The van der Waals surface area contributed by atoms with Crippen molar-refractivity contribution in [1.29, 1.82) is 0 Å². The van der Waals surface area contributed by atoms with Crippen LogP contribution in [-0.2, 0) is 0 Å². The van der Waals surface area contributed by atoms with Crippen LogP contribution in [0.4, 0.5) is 4.79 Å². The fourth-order valence-corrected chi connectivity index (χ4v) is 0.285. The van der Waals surface area contributed by atoms with Crippen molar-refractivity contribution < 1.29 is 4.79 Å². The van der Waals surface area contributed by atoms with Crippen LogP contribution in [-0.4, -0.2) is 12.1 Å². The molecule has 0 radical (unpaired) electrons. The van der Waals surface area contributed by atoms with Crippen molar-refractivity contribution in [1.82, 2.24) is 5.32 Å². The normalized spacial score (nSPS) is 7.88. The van der Waals surface area contributed by atoms with Gasteiger partial charge in [0.05, 0.1) is 0 Å². The zero-order chi connectivity index (χ0) is 5.86. The van der Waals surface area contributed by atoms with E-state index in [0.29, 0.717) is 0 Å². The third-order valence-corrected chi connectivity index (χ3v) is 0.431. The molecule has 0 aliphatic heterocycles. The van der Waals surface area contributed by atoms with E-state index < -0.39 is 6.03 Å². The van der Waals surface area contributed by atoms with Gasteiger partial charge in [-0.25, -0.2) is 4.79 Å². The zero-order valence-electron chi connectivity index (χ0n) is 4.97. The van der Waals surface area contributed by atoms with Crippen molar-refractivity contribution in [3.8, 4) is 0 Å². The Morgan fingerprint density at radius 2 is 2.00 bits per heavy atom. The third kappa shape index (κ3) is 9.38. The first-order valence-electron chi connectivity index (χ1n) is 2.19. The Morgan fingerprint density at radius 1 is 1.62 bits per heavy atom. The van der Waals surface area contributed by atoms with E-state index in [-0.39, 0.29) is 30.0 Å². The number of primary amides is 1. The number of hydrogen-bond acceptors (Lipinski definition) is 1. The third-order valence-electron chi connectivity index (χ3n) is 0.431. The average Bonchev–Trinajstić information content (AvgIpc) is 1.27. The summed E-state index contributed by atoms with van der Waals surface area (Å²) in [6, 6.07) is -0.312. The summed E-state index contributed by atoms with van der Waals surface area (Å²) in [5, 5.41) is 2.44. The maximum atomic E-state index is 9.92. The number of amides is 2. The van der Waals surface area contributed by atoms with Crippen molar-refractivity contribution >= 4 is 30.0 Å². The molecule has 0 saturated heterocycles. The average molecular weight is 230 g/mol. The molecular formula is C4H11IN2O. The Kier molecular flexibility index (Phi) is 7.00. The van der Waals surface area contributed by atoms with Crippen LogP contribution >= 0.6 is 24.0 Å². The van der Waals surface area contributed by atoms with Gasteiger partial charge in [0.2, 0.25) is 0 Å². The van der Waals surface area contributed by atoms with Gasteiger partial charge in [-0.3, -0.25) is 0 Å². The van der Waals surface area contributed by atoms with Crippen molar-refractivity contribution in [2.45, 2.75) is 19.9 Å². The molecule has 0 heterocycles. The minimum absolute atomic E-state index is 0. The zero-order valence-corrected chi connectivity index (χ0v) is 7.30. The van der Waals surface area contributed by atoms with E-state index in [1.165, 1.54) is 0 Å². The van der Waals surface area contributed by atoms with Gasteiger partial charge >= 0.3 is 6.03 Å². The summed E-state index contributed by atoms with van der Waals surface area (Å²) >= 11 is 0. The molecule has 0 bridgehead atoms. The summed E-state index contributed by atoms with van der Waals surface area (Å²) in [7, 11) is 0. The van der Waals surface area contributed by atoms with Crippen LogP contribution < -0.4 is 11.1 Å². The largest absolute Gasteiger partial charge is 0.352 e. The van der Waals surface area contributed by atoms with Gasteiger partial charge in [0.1, 0.15) is 0 Å². The van der Waals surface area contributed by atoms with E-state index in [9.17, 15) is 4.79 Å². The molecule has 0 aromatic rings. The van der Waals surface area contributed by atoms with Gasteiger partial charge in [-0.15, -0.1) is 24.0 Å². The molecule has 0 aliphatic rings. The number of rotatable bonds is 1. The Morgan fingerprint density at radius 3 is 2.00 bits per heavy atom. The molecule has 2 amide bonds. The number of nitrogens with two attached hydrogens (primary N) is 1. The van der Waals surface area contributed by atoms with E-state index in [1.807, 2.05) is 13.8 Å². The standard InChI is InChI=1S/C4H10N2O.HI/c1-3(2)6-4(5)7;/h3H,1-2H3,(H3,5,6,7);1H. The maximum Gasteiger partial charge on any atom is 0.312 e. The Labute approximate surface area is 66.0 Å².